The van der Waals surface area contributed by atoms with E-state index in [0.29, 0.717) is 33.6 Å². The van der Waals surface area contributed by atoms with Gasteiger partial charge in [0.2, 0.25) is 25.9 Å². The highest BCUT2D eigenvalue weighted by Crippen LogP contribution is 2.40. The van der Waals surface area contributed by atoms with Crippen LogP contribution in [0.5, 0.6) is 23.1 Å². The van der Waals surface area contributed by atoms with Crippen LogP contribution < -0.4 is 34.7 Å². The van der Waals surface area contributed by atoms with Gasteiger partial charge < -0.3 is 24.8 Å². The molecule has 0 radical (unpaired) electrons. The minimum absolute atomic E-state index is 0.113. The van der Waals surface area contributed by atoms with Gasteiger partial charge in [0.1, 0.15) is 22.2 Å². The Kier molecular flexibility index (Phi) is 10.4. The Morgan fingerprint density at radius 2 is 1.51 bits per heavy atom. The number of primary sulfonamides is 1. The summed E-state index contributed by atoms with van der Waals surface area (Å²) in [6, 6.07) is 19.7. The number of amides is 2. The Morgan fingerprint density at radius 1 is 0.824 bits per heavy atom. The van der Waals surface area contributed by atoms with Gasteiger partial charge in [-0.15, -0.1) is 0 Å². The van der Waals surface area contributed by atoms with Crippen LogP contribution >= 0.6 is 0 Å². The monoisotopic (exact) mass is 734 g/mol. The number of nitrogens with two attached hydrogens (primary N) is 1. The lowest BCUT2D eigenvalue weighted by molar-refractivity contribution is 0.262. The number of hydrogen-bond donors (Lipinski definition) is 4. The smallest absolute Gasteiger partial charge is 0.323 e. The highest BCUT2D eigenvalue weighted by atomic mass is 32.2. The van der Waals surface area contributed by atoms with Gasteiger partial charge >= 0.3 is 6.03 Å². The maximum atomic E-state index is 13.4. The maximum Gasteiger partial charge on any atom is 0.323 e. The standard InChI is InChI=1S/C35H38N6O8S2/c1-35(2,3)22-19-26(33(48-5)27(20-22)41-50(6,43)44)39-34(42)38-25-12-13-28(24-10-8-7-9-23(24)25)49-32-15-16-37-31(40-32)18-21-11-14-30(51(36,45)46)29(17-21)47-4/h7-17,19-20,41H,18H2,1-6H3,(H2,36,45,46)(H2,38,39,42). The summed E-state index contributed by atoms with van der Waals surface area (Å²) in [6.07, 6.45) is 2.85. The number of anilines is 3. The van der Waals surface area contributed by atoms with Gasteiger partial charge in [0.25, 0.3) is 0 Å². The Hall–Kier alpha value is -5.45. The zero-order chi connectivity index (χ0) is 37.1. The van der Waals surface area contributed by atoms with E-state index in [-0.39, 0.29) is 45.5 Å². The maximum absolute atomic E-state index is 13.4. The second-order valence-electron chi connectivity index (χ2n) is 12.6. The molecule has 5 rings (SSSR count). The Balaban J connectivity index is 1.39. The van der Waals surface area contributed by atoms with E-state index in [4.69, 9.17) is 19.3 Å². The lowest BCUT2D eigenvalue weighted by Crippen LogP contribution is -2.22. The summed E-state index contributed by atoms with van der Waals surface area (Å²) >= 11 is 0. The summed E-state index contributed by atoms with van der Waals surface area (Å²) in [6.45, 7) is 5.90. The molecular formula is C35H38N6O8S2. The largest absolute Gasteiger partial charge is 0.495 e. The van der Waals surface area contributed by atoms with Crippen LogP contribution in [0.3, 0.4) is 0 Å². The Morgan fingerprint density at radius 3 is 2.16 bits per heavy atom. The molecule has 14 nitrogen and oxygen atoms in total. The van der Waals surface area contributed by atoms with Crippen LogP contribution in [-0.4, -0.2) is 53.3 Å². The molecule has 0 bridgehead atoms. The highest BCUT2D eigenvalue weighted by Gasteiger charge is 2.23. The molecule has 0 saturated heterocycles. The van der Waals surface area contributed by atoms with Gasteiger partial charge in [-0.25, -0.2) is 31.8 Å². The highest BCUT2D eigenvalue weighted by molar-refractivity contribution is 7.92. The van der Waals surface area contributed by atoms with Crippen molar-refractivity contribution in [2.24, 2.45) is 5.14 Å². The Bertz CT molecular complexity index is 2340. The van der Waals surface area contributed by atoms with E-state index in [1.54, 1.807) is 48.7 Å². The number of sulfonamides is 2. The molecule has 0 spiro atoms. The van der Waals surface area contributed by atoms with Crippen LogP contribution in [0.15, 0.2) is 83.9 Å². The van der Waals surface area contributed by atoms with Crippen molar-refractivity contribution in [1.29, 1.82) is 0 Å². The predicted molar refractivity (Wildman–Crippen MR) is 196 cm³/mol. The van der Waals surface area contributed by atoms with Gasteiger partial charge in [0, 0.05) is 29.5 Å². The fraction of sp³-hybridized carbons (Fsp3) is 0.229. The van der Waals surface area contributed by atoms with Gasteiger partial charge in [-0.05, 0) is 52.9 Å². The molecule has 0 aliphatic heterocycles. The van der Waals surface area contributed by atoms with Crippen molar-refractivity contribution in [1.82, 2.24) is 9.97 Å². The van der Waals surface area contributed by atoms with Crippen LogP contribution in [0.1, 0.15) is 37.7 Å². The number of hydrogen-bond acceptors (Lipinski definition) is 10. The van der Waals surface area contributed by atoms with Gasteiger partial charge in [-0.3, -0.25) is 4.72 Å². The van der Waals surface area contributed by atoms with Crippen LogP contribution in [0.25, 0.3) is 10.8 Å². The molecular weight excluding hydrogens is 697 g/mol. The van der Waals surface area contributed by atoms with Crippen molar-refractivity contribution < 1.29 is 35.8 Å². The average molecular weight is 735 g/mol. The summed E-state index contributed by atoms with van der Waals surface area (Å²) in [5.41, 5.74) is 2.04. The van der Waals surface area contributed by atoms with E-state index >= 15 is 0 Å². The molecule has 0 saturated carbocycles. The normalized spacial score (nSPS) is 11.9. The lowest BCUT2D eigenvalue weighted by Gasteiger charge is -2.24. The molecule has 51 heavy (non-hydrogen) atoms. The minimum Gasteiger partial charge on any atom is -0.495 e. The van der Waals surface area contributed by atoms with Crippen molar-refractivity contribution in [3.8, 4) is 23.1 Å². The van der Waals surface area contributed by atoms with Crippen molar-refractivity contribution in [3.05, 3.63) is 95.9 Å². The van der Waals surface area contributed by atoms with Crippen LogP contribution in [-0.2, 0) is 31.9 Å². The van der Waals surface area contributed by atoms with Crippen LogP contribution in [0.2, 0.25) is 0 Å². The van der Waals surface area contributed by atoms with E-state index in [2.05, 4.69) is 25.3 Å². The molecule has 1 aromatic heterocycles. The SMILES string of the molecule is COc1cc(Cc2nccc(Oc3ccc(NC(=O)Nc4cc(C(C)(C)C)cc(NS(C)(=O)=O)c4OC)c4ccccc34)n2)ccc1S(N)(=O)=O. The summed E-state index contributed by atoms with van der Waals surface area (Å²) in [7, 11) is -4.86. The molecule has 5 N–H and O–H groups in total. The number of urea groups is 1. The summed E-state index contributed by atoms with van der Waals surface area (Å²) in [4.78, 5) is 22.1. The summed E-state index contributed by atoms with van der Waals surface area (Å²) in [5, 5.41) is 12.3. The number of nitrogens with one attached hydrogen (secondary N) is 3. The summed E-state index contributed by atoms with van der Waals surface area (Å²) < 4.78 is 67.4. The van der Waals surface area contributed by atoms with Crippen LogP contribution in [0.4, 0.5) is 21.9 Å². The first-order valence-electron chi connectivity index (χ1n) is 15.4. The fourth-order valence-electron chi connectivity index (χ4n) is 5.27. The van der Waals surface area contributed by atoms with E-state index in [1.165, 1.54) is 20.3 Å². The third kappa shape index (κ3) is 9.02. The van der Waals surface area contributed by atoms with Crippen molar-refractivity contribution in [3.63, 3.8) is 0 Å². The quantitative estimate of drug-likeness (QED) is 0.125. The van der Waals surface area contributed by atoms with Crippen molar-refractivity contribution in [2.45, 2.75) is 37.5 Å². The third-order valence-electron chi connectivity index (χ3n) is 7.63. The number of rotatable bonds is 11. The lowest BCUT2D eigenvalue weighted by atomic mass is 9.86. The molecule has 0 unspecified atom stereocenters. The first kappa shape index (κ1) is 36.8. The molecule has 5 aromatic rings. The van der Waals surface area contributed by atoms with E-state index < -0.39 is 26.1 Å². The molecule has 0 aliphatic carbocycles. The van der Waals surface area contributed by atoms with E-state index in [1.807, 2.05) is 45.0 Å². The number of aromatic nitrogens is 2. The predicted octanol–water partition coefficient (Wildman–Crippen LogP) is 5.99. The third-order valence-corrected chi connectivity index (χ3v) is 9.17. The number of ether oxygens (including phenoxy) is 3. The molecule has 268 valence electrons. The van der Waals surface area contributed by atoms with E-state index in [0.717, 1.165) is 11.8 Å². The van der Waals surface area contributed by atoms with Gasteiger partial charge in [0.05, 0.1) is 37.5 Å². The molecule has 0 fully saturated rings. The van der Waals surface area contributed by atoms with Crippen molar-refractivity contribution in [2.75, 3.05) is 35.8 Å². The van der Waals surface area contributed by atoms with Crippen LogP contribution in [0, 0.1) is 0 Å². The molecule has 0 atom stereocenters. The number of methoxy groups -OCH3 is 2. The minimum atomic E-state index is -3.96. The van der Waals surface area contributed by atoms with Gasteiger partial charge in [0.15, 0.2) is 5.75 Å². The number of carbonyl (C=O) groups is 1. The number of benzene rings is 4. The zero-order valence-electron chi connectivity index (χ0n) is 28.8. The molecule has 16 heteroatoms. The van der Waals surface area contributed by atoms with E-state index in [9.17, 15) is 21.6 Å². The summed E-state index contributed by atoms with van der Waals surface area (Å²) in [5.74, 6) is 1.42. The van der Waals surface area contributed by atoms with Gasteiger partial charge in [-0.1, -0.05) is 51.1 Å². The topological polar surface area (TPSA) is 201 Å². The fourth-order valence-corrected chi connectivity index (χ4v) is 6.50. The van der Waals surface area contributed by atoms with Gasteiger partial charge in [-0.2, -0.15) is 4.98 Å². The van der Waals surface area contributed by atoms with Crippen molar-refractivity contribution >= 4 is 53.9 Å². The zero-order valence-corrected chi connectivity index (χ0v) is 30.4. The Labute approximate surface area is 296 Å². The molecule has 2 amide bonds. The first-order chi connectivity index (χ1) is 23.9. The molecule has 4 aromatic carbocycles. The number of carbonyl (C=O) groups excluding carboxylic acids is 1. The second kappa shape index (κ2) is 14.4. The second-order valence-corrected chi connectivity index (χ2v) is 15.9. The molecule has 0 aliphatic rings. The number of fused-ring (bicyclic) bond motifs is 1. The average Bonchev–Trinajstić information content (AvgIpc) is 3.04. The molecule has 1 heterocycles. The number of nitrogens with zero attached hydrogens (tertiary/aromatic N) is 2. The first-order valence-corrected chi connectivity index (χ1v) is 18.9.